The average Bonchev–Trinajstić information content (AvgIpc) is 2.92. The van der Waals surface area contributed by atoms with E-state index in [1.165, 1.54) is 0 Å². The molecule has 1 saturated heterocycles. The molecule has 2 rings (SSSR count). The van der Waals surface area contributed by atoms with Crippen LogP contribution in [0.5, 0.6) is 0 Å². The highest BCUT2D eigenvalue weighted by Crippen LogP contribution is 2.23. The van der Waals surface area contributed by atoms with Crippen molar-refractivity contribution in [1.82, 2.24) is 14.8 Å². The molecule has 1 aromatic rings. The summed E-state index contributed by atoms with van der Waals surface area (Å²) in [6.45, 7) is 4.75. The van der Waals surface area contributed by atoms with Crippen molar-refractivity contribution in [2.75, 3.05) is 39.0 Å². The third-order valence-electron chi connectivity index (χ3n) is 3.83. The summed E-state index contributed by atoms with van der Waals surface area (Å²) in [5, 5.41) is 3.32. The van der Waals surface area contributed by atoms with Gasteiger partial charge in [-0.05, 0) is 39.4 Å². The Morgan fingerprint density at radius 1 is 1.52 bits per heavy atom. The second kappa shape index (κ2) is 7.41. The molecule has 0 saturated carbocycles. The summed E-state index contributed by atoms with van der Waals surface area (Å²) in [5.74, 6) is 0.103. The number of rotatable bonds is 6. The van der Waals surface area contributed by atoms with Crippen LogP contribution < -0.4 is 5.32 Å². The van der Waals surface area contributed by atoms with E-state index in [0.29, 0.717) is 11.6 Å². The summed E-state index contributed by atoms with van der Waals surface area (Å²) in [5.41, 5.74) is 1.59. The molecule has 1 unspecified atom stereocenters. The minimum atomic E-state index is 0.103. The molecule has 0 aliphatic carbocycles. The first-order valence-corrected chi connectivity index (χ1v) is 7.77. The van der Waals surface area contributed by atoms with Gasteiger partial charge in [0.1, 0.15) is 0 Å². The van der Waals surface area contributed by atoms with Crippen LogP contribution in [0.2, 0.25) is 0 Å². The van der Waals surface area contributed by atoms with E-state index >= 15 is 0 Å². The molecule has 2 heterocycles. The summed E-state index contributed by atoms with van der Waals surface area (Å²) in [6, 6.07) is 2.20. The summed E-state index contributed by atoms with van der Waals surface area (Å²) in [7, 11) is 4.11. The second-order valence-corrected chi connectivity index (χ2v) is 5.90. The average molecular weight is 290 g/mol. The van der Waals surface area contributed by atoms with E-state index in [4.69, 9.17) is 0 Å². The molecule has 1 aliphatic heterocycles. The van der Waals surface area contributed by atoms with Crippen LogP contribution in [-0.4, -0.2) is 60.5 Å². The molecule has 0 aromatic carbocycles. The maximum absolute atomic E-state index is 12.9. The van der Waals surface area contributed by atoms with Gasteiger partial charge in [-0.25, -0.2) is 0 Å². The molecule has 1 aliphatic rings. The zero-order valence-electron chi connectivity index (χ0n) is 13.3. The molecule has 5 nitrogen and oxygen atoms in total. The number of nitrogens with zero attached hydrogens (tertiary/aromatic N) is 3. The number of hydrogen-bond donors (Lipinski definition) is 1. The first kappa shape index (κ1) is 15.8. The quantitative estimate of drug-likeness (QED) is 0.871. The zero-order chi connectivity index (χ0) is 15.2. The number of hydrogen-bond acceptors (Lipinski definition) is 4. The highest BCUT2D eigenvalue weighted by molar-refractivity contribution is 5.99. The number of pyridine rings is 1. The Labute approximate surface area is 127 Å². The van der Waals surface area contributed by atoms with Crippen molar-refractivity contribution in [3.63, 3.8) is 0 Å². The Balaban J connectivity index is 2.15. The van der Waals surface area contributed by atoms with Crippen molar-refractivity contribution in [2.45, 2.75) is 32.2 Å². The SMILES string of the molecule is CCCNc1ccncc1C(=O)N1CCCC1CN(C)C. The van der Waals surface area contributed by atoms with Gasteiger partial charge in [0.25, 0.3) is 5.91 Å². The van der Waals surface area contributed by atoms with Crippen LogP contribution in [0.15, 0.2) is 18.5 Å². The van der Waals surface area contributed by atoms with E-state index in [-0.39, 0.29) is 5.91 Å². The Morgan fingerprint density at radius 2 is 2.33 bits per heavy atom. The van der Waals surface area contributed by atoms with E-state index in [1.807, 2.05) is 11.0 Å². The van der Waals surface area contributed by atoms with Crippen LogP contribution in [0.4, 0.5) is 5.69 Å². The number of amides is 1. The minimum Gasteiger partial charge on any atom is -0.384 e. The van der Waals surface area contributed by atoms with Crippen molar-refractivity contribution >= 4 is 11.6 Å². The predicted octanol–water partition coefficient (Wildman–Crippen LogP) is 2.07. The van der Waals surface area contributed by atoms with Crippen LogP contribution in [-0.2, 0) is 0 Å². The summed E-state index contributed by atoms with van der Waals surface area (Å²) in [6.07, 6.45) is 6.62. The number of carbonyl (C=O) groups excluding carboxylic acids is 1. The van der Waals surface area contributed by atoms with Crippen molar-refractivity contribution in [3.05, 3.63) is 24.0 Å². The van der Waals surface area contributed by atoms with Gasteiger partial charge in [0.2, 0.25) is 0 Å². The molecule has 1 N–H and O–H groups in total. The summed E-state index contributed by atoms with van der Waals surface area (Å²) in [4.78, 5) is 21.1. The maximum Gasteiger partial charge on any atom is 0.257 e. The van der Waals surface area contributed by atoms with Crippen LogP contribution >= 0.6 is 0 Å². The van der Waals surface area contributed by atoms with Crippen LogP contribution in [0.3, 0.4) is 0 Å². The summed E-state index contributed by atoms with van der Waals surface area (Å²) < 4.78 is 0. The molecule has 0 radical (unpaired) electrons. The Morgan fingerprint density at radius 3 is 3.05 bits per heavy atom. The van der Waals surface area contributed by atoms with Crippen molar-refractivity contribution < 1.29 is 4.79 Å². The molecular weight excluding hydrogens is 264 g/mol. The van der Waals surface area contributed by atoms with Gasteiger partial charge < -0.3 is 15.1 Å². The molecule has 1 aromatic heterocycles. The van der Waals surface area contributed by atoms with Gasteiger partial charge in [0.15, 0.2) is 0 Å². The van der Waals surface area contributed by atoms with Gasteiger partial charge in [-0.1, -0.05) is 6.92 Å². The molecule has 1 fully saturated rings. The van der Waals surface area contributed by atoms with Crippen LogP contribution in [0, 0.1) is 0 Å². The summed E-state index contributed by atoms with van der Waals surface area (Å²) >= 11 is 0. The first-order valence-electron chi connectivity index (χ1n) is 7.77. The fraction of sp³-hybridized carbons (Fsp3) is 0.625. The molecule has 1 atom stereocenters. The molecule has 0 bridgehead atoms. The minimum absolute atomic E-state index is 0.103. The molecule has 0 spiro atoms. The van der Waals surface area contributed by atoms with E-state index < -0.39 is 0 Å². The van der Waals surface area contributed by atoms with Gasteiger partial charge >= 0.3 is 0 Å². The van der Waals surface area contributed by atoms with Gasteiger partial charge in [-0.2, -0.15) is 0 Å². The normalized spacial score (nSPS) is 18.3. The van der Waals surface area contributed by atoms with E-state index in [9.17, 15) is 4.79 Å². The Hall–Kier alpha value is -1.62. The first-order chi connectivity index (χ1) is 10.1. The van der Waals surface area contributed by atoms with Crippen LogP contribution in [0.25, 0.3) is 0 Å². The zero-order valence-corrected chi connectivity index (χ0v) is 13.3. The number of likely N-dealkylation sites (N-methyl/N-ethyl adjacent to an activating group) is 1. The van der Waals surface area contributed by atoms with Crippen molar-refractivity contribution in [1.29, 1.82) is 0 Å². The lowest BCUT2D eigenvalue weighted by Crippen LogP contribution is -2.41. The largest absolute Gasteiger partial charge is 0.384 e. The van der Waals surface area contributed by atoms with E-state index in [1.54, 1.807) is 12.4 Å². The molecule has 1 amide bonds. The smallest absolute Gasteiger partial charge is 0.257 e. The monoisotopic (exact) mass is 290 g/mol. The second-order valence-electron chi connectivity index (χ2n) is 5.90. The molecular formula is C16H26N4O. The predicted molar refractivity (Wildman–Crippen MR) is 85.6 cm³/mol. The fourth-order valence-corrected chi connectivity index (χ4v) is 2.85. The lowest BCUT2D eigenvalue weighted by molar-refractivity contribution is 0.0717. The van der Waals surface area contributed by atoms with Gasteiger partial charge in [0, 0.05) is 38.1 Å². The number of likely N-dealkylation sites (tertiary alicyclic amines) is 1. The fourth-order valence-electron chi connectivity index (χ4n) is 2.85. The molecule has 21 heavy (non-hydrogen) atoms. The van der Waals surface area contributed by atoms with Crippen molar-refractivity contribution in [3.8, 4) is 0 Å². The van der Waals surface area contributed by atoms with Crippen LogP contribution in [0.1, 0.15) is 36.5 Å². The number of aromatic nitrogens is 1. The Kier molecular flexibility index (Phi) is 5.56. The lowest BCUT2D eigenvalue weighted by atomic mass is 10.1. The van der Waals surface area contributed by atoms with Gasteiger partial charge in [-0.15, -0.1) is 0 Å². The highest BCUT2D eigenvalue weighted by Gasteiger charge is 2.30. The lowest BCUT2D eigenvalue weighted by Gasteiger charge is -2.27. The maximum atomic E-state index is 12.9. The number of carbonyl (C=O) groups is 1. The van der Waals surface area contributed by atoms with Gasteiger partial charge in [-0.3, -0.25) is 9.78 Å². The number of nitrogens with one attached hydrogen (secondary N) is 1. The Bertz CT molecular complexity index is 475. The van der Waals surface area contributed by atoms with Gasteiger partial charge in [0.05, 0.1) is 11.3 Å². The third kappa shape index (κ3) is 3.94. The van der Waals surface area contributed by atoms with Crippen molar-refractivity contribution in [2.24, 2.45) is 0 Å². The third-order valence-corrected chi connectivity index (χ3v) is 3.83. The molecule has 116 valence electrons. The number of anilines is 1. The molecule has 5 heteroatoms. The highest BCUT2D eigenvalue weighted by atomic mass is 16.2. The van der Waals surface area contributed by atoms with E-state index in [2.05, 4.69) is 36.2 Å². The van der Waals surface area contributed by atoms with E-state index in [0.717, 1.165) is 44.6 Å². The topological polar surface area (TPSA) is 48.5 Å². The standard InChI is InChI=1S/C16H26N4O/c1-4-8-18-15-7-9-17-11-14(15)16(21)20-10-5-6-13(20)12-19(2)3/h7,9,11,13H,4-6,8,10,12H2,1-3H3,(H,17,18).